The van der Waals surface area contributed by atoms with Gasteiger partial charge in [0.15, 0.2) is 0 Å². The molecule has 0 bridgehead atoms. The van der Waals surface area contributed by atoms with Gasteiger partial charge in [0, 0.05) is 10.9 Å². The summed E-state index contributed by atoms with van der Waals surface area (Å²) in [5.41, 5.74) is 6.74. The lowest BCUT2D eigenvalue weighted by Crippen LogP contribution is -2.66. The van der Waals surface area contributed by atoms with Gasteiger partial charge in [-0.3, -0.25) is 19.8 Å². The van der Waals surface area contributed by atoms with Gasteiger partial charge in [0.25, 0.3) is 0 Å². The van der Waals surface area contributed by atoms with E-state index in [1.54, 1.807) is 11.3 Å². The van der Waals surface area contributed by atoms with Crippen molar-refractivity contribution in [3.05, 3.63) is 21.9 Å². The van der Waals surface area contributed by atoms with Crippen molar-refractivity contribution in [2.75, 3.05) is 6.54 Å². The van der Waals surface area contributed by atoms with Crippen LogP contribution in [0.2, 0.25) is 0 Å². The number of hydrogen-bond acceptors (Lipinski definition) is 5. The third-order valence-electron chi connectivity index (χ3n) is 4.22. The first kappa shape index (κ1) is 16.1. The molecule has 2 rings (SSSR count). The summed E-state index contributed by atoms with van der Waals surface area (Å²) in [6.45, 7) is 7.94. The van der Waals surface area contributed by atoms with Crippen LogP contribution in [0.4, 0.5) is 0 Å². The van der Waals surface area contributed by atoms with Gasteiger partial charge in [-0.15, -0.1) is 11.3 Å². The molecule has 2 unspecified atom stereocenters. The maximum absolute atomic E-state index is 12.2. The number of nitrogens with two attached hydrogens (primary N) is 1. The van der Waals surface area contributed by atoms with E-state index in [0.717, 1.165) is 16.9 Å². The fraction of sp³-hybridized carbons (Fsp3) is 0.600. The number of imide groups is 1. The molecule has 6 heteroatoms. The Balaban J connectivity index is 2.47. The van der Waals surface area contributed by atoms with E-state index in [4.69, 9.17) is 5.73 Å². The summed E-state index contributed by atoms with van der Waals surface area (Å²) < 4.78 is 0. The normalized spacial score (nSPS) is 22.0. The van der Waals surface area contributed by atoms with Crippen LogP contribution in [0.5, 0.6) is 0 Å². The number of hydrogen-bond donors (Lipinski definition) is 2. The topological polar surface area (TPSA) is 75.4 Å². The maximum atomic E-state index is 12.2. The Bertz CT molecular complexity index is 553. The smallest absolute Gasteiger partial charge is 0.246 e. The molecule has 21 heavy (non-hydrogen) atoms. The average Bonchev–Trinajstić information content (AvgIpc) is 2.82. The number of thiophene rings is 1. The molecule has 1 saturated heterocycles. The highest BCUT2D eigenvalue weighted by Gasteiger charge is 2.46. The van der Waals surface area contributed by atoms with Crippen molar-refractivity contribution < 1.29 is 9.59 Å². The zero-order chi connectivity index (χ0) is 15.8. The second-order valence-electron chi connectivity index (χ2n) is 6.05. The minimum absolute atomic E-state index is 0.125. The summed E-state index contributed by atoms with van der Waals surface area (Å²) in [5.74, 6) is -0.525. The van der Waals surface area contributed by atoms with Gasteiger partial charge in [0.2, 0.25) is 11.8 Å². The van der Waals surface area contributed by atoms with Crippen molar-refractivity contribution in [3.63, 3.8) is 0 Å². The van der Waals surface area contributed by atoms with Crippen LogP contribution in [0.3, 0.4) is 0 Å². The van der Waals surface area contributed by atoms with E-state index in [9.17, 15) is 9.59 Å². The molecule has 3 N–H and O–H groups in total. The lowest BCUT2D eigenvalue weighted by molar-refractivity contribution is -0.148. The summed E-state index contributed by atoms with van der Waals surface area (Å²) in [7, 11) is 0. The van der Waals surface area contributed by atoms with Gasteiger partial charge in [-0.05, 0) is 44.2 Å². The van der Waals surface area contributed by atoms with E-state index in [2.05, 4.69) is 5.32 Å². The summed E-state index contributed by atoms with van der Waals surface area (Å²) in [5, 5.41) is 4.44. The van der Waals surface area contributed by atoms with E-state index in [0.29, 0.717) is 0 Å². The zero-order valence-corrected chi connectivity index (χ0v) is 13.8. The van der Waals surface area contributed by atoms with Gasteiger partial charge in [-0.2, -0.15) is 0 Å². The van der Waals surface area contributed by atoms with Crippen LogP contribution in [0, 0.1) is 6.92 Å². The molecule has 0 saturated carbocycles. The molecule has 2 amide bonds. The number of rotatable bonds is 4. The molecule has 0 radical (unpaired) electrons. The van der Waals surface area contributed by atoms with Crippen LogP contribution in [0.1, 0.15) is 43.7 Å². The molecular formula is C15H23N3O2S. The summed E-state index contributed by atoms with van der Waals surface area (Å²) in [6.07, 6.45) is 0.782. The van der Waals surface area contributed by atoms with Gasteiger partial charge < -0.3 is 5.73 Å². The number of aryl methyl sites for hydroxylation is 1. The standard InChI is InChI=1S/C15H23N3O2S/c1-5-10(16)12(13-9(2)6-7-21-13)18-8-11(19)17-14(20)15(18,3)4/h6-7,10,12H,5,8,16H2,1-4H3,(H,17,19,20). The summed E-state index contributed by atoms with van der Waals surface area (Å²) in [6, 6.07) is 1.80. The van der Waals surface area contributed by atoms with Crippen molar-refractivity contribution in [2.45, 2.75) is 51.7 Å². The Kier molecular flexibility index (Phi) is 4.51. The molecule has 2 atom stereocenters. The Morgan fingerprint density at radius 1 is 1.48 bits per heavy atom. The number of nitrogens with zero attached hydrogens (tertiary/aromatic N) is 1. The monoisotopic (exact) mass is 309 g/mol. The molecule has 116 valence electrons. The molecule has 1 fully saturated rings. The van der Waals surface area contributed by atoms with Gasteiger partial charge in [0.05, 0.1) is 18.1 Å². The van der Waals surface area contributed by atoms with Crippen molar-refractivity contribution in [3.8, 4) is 0 Å². The first-order valence-electron chi connectivity index (χ1n) is 7.19. The van der Waals surface area contributed by atoms with Gasteiger partial charge >= 0.3 is 0 Å². The molecule has 1 aromatic rings. The Labute approximate surface area is 129 Å². The van der Waals surface area contributed by atoms with E-state index in [1.807, 2.05) is 44.0 Å². The molecule has 1 aromatic heterocycles. The highest BCUT2D eigenvalue weighted by molar-refractivity contribution is 7.10. The highest BCUT2D eigenvalue weighted by Crippen LogP contribution is 2.37. The Hall–Kier alpha value is -1.24. The molecule has 2 heterocycles. The fourth-order valence-corrected chi connectivity index (χ4v) is 3.84. The number of carbonyl (C=O) groups excluding carboxylic acids is 2. The first-order valence-corrected chi connectivity index (χ1v) is 8.07. The molecule has 0 spiro atoms. The van der Waals surface area contributed by atoms with Crippen molar-refractivity contribution in [2.24, 2.45) is 5.73 Å². The third kappa shape index (κ3) is 2.88. The summed E-state index contributed by atoms with van der Waals surface area (Å²) >= 11 is 1.63. The predicted octanol–water partition coefficient (Wildman–Crippen LogP) is 1.57. The van der Waals surface area contributed by atoms with Crippen LogP contribution in [-0.2, 0) is 9.59 Å². The van der Waals surface area contributed by atoms with Gasteiger partial charge in [0.1, 0.15) is 0 Å². The van der Waals surface area contributed by atoms with E-state index < -0.39 is 5.54 Å². The van der Waals surface area contributed by atoms with Gasteiger partial charge in [-0.25, -0.2) is 0 Å². The zero-order valence-electron chi connectivity index (χ0n) is 13.0. The molecule has 1 aliphatic rings. The molecule has 0 aromatic carbocycles. The lowest BCUT2D eigenvalue weighted by Gasteiger charge is -2.46. The fourth-order valence-electron chi connectivity index (χ4n) is 2.73. The number of amides is 2. The average molecular weight is 309 g/mol. The van der Waals surface area contributed by atoms with E-state index >= 15 is 0 Å². The lowest BCUT2D eigenvalue weighted by atomic mass is 9.91. The second-order valence-corrected chi connectivity index (χ2v) is 7.00. The number of piperazine rings is 1. The molecule has 5 nitrogen and oxygen atoms in total. The van der Waals surface area contributed by atoms with Crippen molar-refractivity contribution in [1.29, 1.82) is 0 Å². The first-order chi connectivity index (χ1) is 9.78. The van der Waals surface area contributed by atoms with E-state index in [-0.39, 0.29) is 30.4 Å². The second kappa shape index (κ2) is 5.87. The SMILES string of the molecule is CCC(N)C(c1sccc1C)N1CC(=O)NC(=O)C1(C)C. The summed E-state index contributed by atoms with van der Waals surface area (Å²) in [4.78, 5) is 27.1. The number of carbonyl (C=O) groups is 2. The van der Waals surface area contributed by atoms with Crippen LogP contribution in [0.25, 0.3) is 0 Å². The maximum Gasteiger partial charge on any atom is 0.246 e. The number of nitrogens with one attached hydrogen (secondary N) is 1. The highest BCUT2D eigenvalue weighted by atomic mass is 32.1. The minimum Gasteiger partial charge on any atom is -0.326 e. The van der Waals surface area contributed by atoms with Crippen LogP contribution in [-0.4, -0.2) is 34.8 Å². The van der Waals surface area contributed by atoms with Crippen LogP contribution in [0.15, 0.2) is 11.4 Å². The van der Waals surface area contributed by atoms with Crippen molar-refractivity contribution in [1.82, 2.24) is 10.2 Å². The minimum atomic E-state index is -0.762. The van der Waals surface area contributed by atoms with E-state index in [1.165, 1.54) is 0 Å². The molecule has 0 aliphatic carbocycles. The quantitative estimate of drug-likeness (QED) is 0.828. The van der Waals surface area contributed by atoms with Crippen LogP contribution >= 0.6 is 11.3 Å². The molecular weight excluding hydrogens is 286 g/mol. The largest absolute Gasteiger partial charge is 0.326 e. The Morgan fingerprint density at radius 2 is 2.14 bits per heavy atom. The van der Waals surface area contributed by atoms with Crippen LogP contribution < -0.4 is 11.1 Å². The third-order valence-corrected chi connectivity index (χ3v) is 5.31. The predicted molar refractivity (Wildman–Crippen MR) is 84.0 cm³/mol. The Morgan fingerprint density at radius 3 is 2.67 bits per heavy atom. The van der Waals surface area contributed by atoms with Crippen molar-refractivity contribution >= 4 is 23.2 Å². The molecule has 1 aliphatic heterocycles. The van der Waals surface area contributed by atoms with Gasteiger partial charge in [-0.1, -0.05) is 6.92 Å².